The van der Waals surface area contributed by atoms with Crippen LogP contribution in [0, 0.1) is 0 Å². The Morgan fingerprint density at radius 3 is 3.00 bits per heavy atom. The highest BCUT2D eigenvalue weighted by Crippen LogP contribution is 2.21. The number of rotatable bonds is 2. The lowest BCUT2D eigenvalue weighted by atomic mass is 10.3. The first kappa shape index (κ1) is 8.40. The van der Waals surface area contributed by atoms with Gasteiger partial charge < -0.3 is 5.11 Å². The zero-order valence-electron chi connectivity index (χ0n) is 7.08. The van der Waals surface area contributed by atoms with Gasteiger partial charge in [-0.1, -0.05) is 0 Å². The number of aryl methyl sites for hydroxylation is 1. The van der Waals surface area contributed by atoms with Crippen LogP contribution in [0.25, 0.3) is 0 Å². The Morgan fingerprint density at radius 2 is 2.46 bits per heavy atom. The van der Waals surface area contributed by atoms with Gasteiger partial charge in [-0.25, -0.2) is 4.98 Å². The fourth-order valence-corrected chi connectivity index (χ4v) is 1.71. The molecule has 0 spiro atoms. The van der Waals surface area contributed by atoms with E-state index in [1.54, 1.807) is 23.1 Å². The van der Waals surface area contributed by atoms with Crippen LogP contribution in [0.3, 0.4) is 0 Å². The third-order valence-electron chi connectivity index (χ3n) is 1.70. The van der Waals surface area contributed by atoms with Gasteiger partial charge in [-0.05, 0) is 6.07 Å². The van der Waals surface area contributed by atoms with Crippen molar-refractivity contribution in [1.29, 1.82) is 0 Å². The molecule has 68 valence electrons. The van der Waals surface area contributed by atoms with Crippen molar-refractivity contribution in [3.05, 3.63) is 34.5 Å². The molecule has 2 aromatic rings. The van der Waals surface area contributed by atoms with E-state index < -0.39 is 6.10 Å². The molecule has 2 heterocycles. The first-order valence-corrected chi connectivity index (χ1v) is 4.72. The highest BCUT2D eigenvalue weighted by Gasteiger charge is 2.14. The zero-order chi connectivity index (χ0) is 9.26. The first-order valence-electron chi connectivity index (χ1n) is 3.84. The van der Waals surface area contributed by atoms with E-state index in [1.807, 2.05) is 12.4 Å². The smallest absolute Gasteiger partial charge is 0.149 e. The van der Waals surface area contributed by atoms with E-state index in [4.69, 9.17) is 0 Å². The van der Waals surface area contributed by atoms with E-state index in [0.29, 0.717) is 10.7 Å². The normalized spacial score (nSPS) is 13.1. The Labute approximate surface area is 79.5 Å². The van der Waals surface area contributed by atoms with Gasteiger partial charge in [0.25, 0.3) is 0 Å². The van der Waals surface area contributed by atoms with Crippen LogP contribution in [0.15, 0.2) is 23.8 Å². The summed E-state index contributed by atoms with van der Waals surface area (Å²) in [4.78, 5) is 4.02. The molecular weight excluding hydrogens is 186 g/mol. The van der Waals surface area contributed by atoms with Crippen LogP contribution in [-0.2, 0) is 7.05 Å². The van der Waals surface area contributed by atoms with Crippen LogP contribution < -0.4 is 0 Å². The van der Waals surface area contributed by atoms with Crippen LogP contribution in [0.1, 0.15) is 16.8 Å². The molecule has 0 radical (unpaired) electrons. The predicted molar refractivity (Wildman–Crippen MR) is 49.4 cm³/mol. The summed E-state index contributed by atoms with van der Waals surface area (Å²) in [6.45, 7) is 0. The summed E-state index contributed by atoms with van der Waals surface area (Å²) >= 11 is 1.42. The summed E-state index contributed by atoms with van der Waals surface area (Å²) < 4.78 is 1.66. The second-order valence-corrected chi connectivity index (χ2v) is 3.61. The van der Waals surface area contributed by atoms with Gasteiger partial charge in [0, 0.05) is 24.8 Å². The minimum absolute atomic E-state index is 0.637. The number of hydrogen-bond donors (Lipinski definition) is 1. The molecule has 0 saturated carbocycles. The second kappa shape index (κ2) is 3.27. The molecule has 0 aliphatic rings. The SMILES string of the molecule is Cn1ccc(C(O)c2nccs2)n1. The Morgan fingerprint density at radius 1 is 1.62 bits per heavy atom. The van der Waals surface area contributed by atoms with Gasteiger partial charge in [-0.3, -0.25) is 4.68 Å². The van der Waals surface area contributed by atoms with Crippen LogP contribution in [0.4, 0.5) is 0 Å². The fraction of sp³-hybridized carbons (Fsp3) is 0.250. The molecule has 1 N–H and O–H groups in total. The van der Waals surface area contributed by atoms with Crippen LogP contribution in [0.2, 0.25) is 0 Å². The Hall–Kier alpha value is -1.20. The summed E-state index contributed by atoms with van der Waals surface area (Å²) in [5.74, 6) is 0. The maximum Gasteiger partial charge on any atom is 0.149 e. The minimum atomic E-state index is -0.693. The maximum atomic E-state index is 9.77. The third-order valence-corrected chi connectivity index (χ3v) is 2.53. The number of thiazole rings is 1. The van der Waals surface area contributed by atoms with Crippen molar-refractivity contribution in [3.63, 3.8) is 0 Å². The van der Waals surface area contributed by atoms with Crippen LogP contribution >= 0.6 is 11.3 Å². The van der Waals surface area contributed by atoms with E-state index in [0.717, 1.165) is 0 Å². The highest BCUT2D eigenvalue weighted by molar-refractivity contribution is 7.09. The average Bonchev–Trinajstić information content (AvgIpc) is 2.72. The van der Waals surface area contributed by atoms with Crippen LogP contribution in [0.5, 0.6) is 0 Å². The van der Waals surface area contributed by atoms with Crippen LogP contribution in [-0.4, -0.2) is 19.9 Å². The highest BCUT2D eigenvalue weighted by atomic mass is 32.1. The maximum absolute atomic E-state index is 9.77. The Balaban J connectivity index is 2.28. The molecule has 0 aromatic carbocycles. The summed E-state index contributed by atoms with van der Waals surface area (Å²) in [5.41, 5.74) is 0.637. The van der Waals surface area contributed by atoms with Crippen molar-refractivity contribution in [1.82, 2.24) is 14.8 Å². The molecule has 13 heavy (non-hydrogen) atoms. The largest absolute Gasteiger partial charge is 0.379 e. The van der Waals surface area contributed by atoms with Crippen molar-refractivity contribution < 1.29 is 5.11 Å². The van der Waals surface area contributed by atoms with Crippen molar-refractivity contribution >= 4 is 11.3 Å². The molecule has 0 bridgehead atoms. The Bertz CT molecular complexity index is 382. The lowest BCUT2D eigenvalue weighted by molar-refractivity contribution is 0.214. The molecule has 2 aromatic heterocycles. The molecule has 0 amide bonds. The molecule has 1 unspecified atom stereocenters. The number of aromatic nitrogens is 3. The van der Waals surface area contributed by atoms with Crippen molar-refractivity contribution in [2.75, 3.05) is 0 Å². The molecular formula is C8H9N3OS. The number of aliphatic hydroxyl groups is 1. The van der Waals surface area contributed by atoms with Gasteiger partial charge in [-0.15, -0.1) is 11.3 Å². The van der Waals surface area contributed by atoms with Crippen molar-refractivity contribution in [3.8, 4) is 0 Å². The van der Waals surface area contributed by atoms with Gasteiger partial charge >= 0.3 is 0 Å². The second-order valence-electron chi connectivity index (χ2n) is 2.69. The monoisotopic (exact) mass is 195 g/mol. The van der Waals surface area contributed by atoms with Gasteiger partial charge in [-0.2, -0.15) is 5.10 Å². The summed E-state index contributed by atoms with van der Waals surface area (Å²) in [6.07, 6.45) is 2.78. The molecule has 0 aliphatic carbocycles. The van der Waals surface area contributed by atoms with E-state index in [-0.39, 0.29) is 0 Å². The van der Waals surface area contributed by atoms with E-state index in [9.17, 15) is 5.11 Å². The average molecular weight is 195 g/mol. The minimum Gasteiger partial charge on any atom is -0.379 e. The molecule has 4 nitrogen and oxygen atoms in total. The lowest BCUT2D eigenvalue weighted by Gasteiger charge is -2.01. The molecule has 0 aliphatic heterocycles. The van der Waals surface area contributed by atoms with E-state index in [2.05, 4.69) is 10.1 Å². The molecule has 2 rings (SSSR count). The van der Waals surface area contributed by atoms with E-state index >= 15 is 0 Å². The standard InChI is InChI=1S/C8H9N3OS/c1-11-4-2-6(10-11)7(12)8-9-3-5-13-8/h2-5,7,12H,1H3. The number of nitrogens with zero attached hydrogens (tertiary/aromatic N) is 3. The predicted octanol–water partition coefficient (Wildman–Crippen LogP) is 0.958. The third kappa shape index (κ3) is 1.61. The molecule has 1 atom stereocenters. The quantitative estimate of drug-likeness (QED) is 0.776. The van der Waals surface area contributed by atoms with Gasteiger partial charge in [0.05, 0.1) is 5.69 Å². The summed E-state index contributed by atoms with van der Waals surface area (Å²) in [6, 6.07) is 1.78. The van der Waals surface area contributed by atoms with Gasteiger partial charge in [0.2, 0.25) is 0 Å². The van der Waals surface area contributed by atoms with Gasteiger partial charge in [0.15, 0.2) is 0 Å². The fourth-order valence-electron chi connectivity index (χ4n) is 1.07. The van der Waals surface area contributed by atoms with E-state index in [1.165, 1.54) is 11.3 Å². The molecule has 0 saturated heterocycles. The van der Waals surface area contributed by atoms with Crippen molar-refractivity contribution in [2.24, 2.45) is 7.05 Å². The number of hydrogen-bond acceptors (Lipinski definition) is 4. The lowest BCUT2D eigenvalue weighted by Crippen LogP contribution is -2.00. The first-order chi connectivity index (χ1) is 6.27. The van der Waals surface area contributed by atoms with Crippen molar-refractivity contribution in [2.45, 2.75) is 6.10 Å². The topological polar surface area (TPSA) is 50.9 Å². The molecule has 5 heteroatoms. The van der Waals surface area contributed by atoms with Gasteiger partial charge in [0.1, 0.15) is 11.1 Å². The summed E-state index contributed by atoms with van der Waals surface area (Å²) in [7, 11) is 1.82. The summed E-state index contributed by atoms with van der Waals surface area (Å²) in [5, 5.41) is 16.4. The number of aliphatic hydroxyl groups excluding tert-OH is 1. The Kier molecular flexibility index (Phi) is 2.12. The zero-order valence-corrected chi connectivity index (χ0v) is 7.90. The molecule has 0 fully saturated rings.